The number of hydrogen-bond donors (Lipinski definition) is 1. The second kappa shape index (κ2) is 7.59. The van der Waals surface area contributed by atoms with Gasteiger partial charge in [-0.3, -0.25) is 9.78 Å². The van der Waals surface area contributed by atoms with Crippen LogP contribution in [0.5, 0.6) is 5.75 Å². The van der Waals surface area contributed by atoms with Crippen molar-refractivity contribution in [3.05, 3.63) is 72.6 Å². The number of carbonyl (C=O) groups is 1. The first-order valence-corrected chi connectivity index (χ1v) is 6.37. The van der Waals surface area contributed by atoms with Crippen LogP contribution in [0.1, 0.15) is 15.9 Å². The van der Waals surface area contributed by atoms with E-state index >= 15 is 0 Å². The highest BCUT2D eigenvalue weighted by Gasteiger charge is 2.03. The zero-order valence-corrected chi connectivity index (χ0v) is 11.4. The number of hydrazone groups is 1. The fourth-order valence-electron chi connectivity index (χ4n) is 1.60. The van der Waals surface area contributed by atoms with Crippen LogP contribution in [0.15, 0.2) is 66.5 Å². The predicted molar refractivity (Wildman–Crippen MR) is 81.4 cm³/mol. The molecular weight excluding hydrogens is 266 g/mol. The Hall–Kier alpha value is -2.95. The molecule has 0 aliphatic carbocycles. The van der Waals surface area contributed by atoms with E-state index < -0.39 is 0 Å². The summed E-state index contributed by atoms with van der Waals surface area (Å²) in [6.07, 6.45) is 6.31. The monoisotopic (exact) mass is 281 g/mol. The molecule has 0 atom stereocenters. The Bertz CT molecular complexity index is 639. The van der Waals surface area contributed by atoms with Gasteiger partial charge in [-0.25, -0.2) is 5.43 Å². The molecule has 0 bridgehead atoms. The molecule has 0 spiro atoms. The van der Waals surface area contributed by atoms with Crippen LogP contribution in [0, 0.1) is 0 Å². The lowest BCUT2D eigenvalue weighted by Gasteiger charge is -2.06. The van der Waals surface area contributed by atoms with E-state index in [0.717, 1.165) is 5.56 Å². The second-order valence-corrected chi connectivity index (χ2v) is 4.07. The normalized spacial score (nSPS) is 10.3. The van der Waals surface area contributed by atoms with Gasteiger partial charge in [0.1, 0.15) is 12.4 Å². The van der Waals surface area contributed by atoms with Gasteiger partial charge in [-0.2, -0.15) is 5.10 Å². The molecule has 0 saturated carbocycles. The Balaban J connectivity index is 2.01. The molecule has 1 aromatic heterocycles. The number of amides is 1. The highest BCUT2D eigenvalue weighted by molar-refractivity contribution is 5.94. The third kappa shape index (κ3) is 4.28. The number of para-hydroxylation sites is 1. The first-order chi connectivity index (χ1) is 10.3. The summed E-state index contributed by atoms with van der Waals surface area (Å²) in [6.45, 7) is 4.01. The van der Waals surface area contributed by atoms with Crippen molar-refractivity contribution >= 4 is 12.1 Å². The van der Waals surface area contributed by atoms with Gasteiger partial charge in [0, 0.05) is 23.5 Å². The third-order valence-corrected chi connectivity index (χ3v) is 2.59. The Morgan fingerprint density at radius 3 is 2.81 bits per heavy atom. The molecule has 1 aromatic carbocycles. The number of carbonyl (C=O) groups excluding carboxylic acids is 1. The van der Waals surface area contributed by atoms with Crippen LogP contribution < -0.4 is 10.2 Å². The lowest BCUT2D eigenvalue weighted by atomic mass is 10.2. The van der Waals surface area contributed by atoms with E-state index in [9.17, 15) is 4.79 Å². The number of nitrogens with zero attached hydrogens (tertiary/aromatic N) is 2. The summed E-state index contributed by atoms with van der Waals surface area (Å²) in [6, 6.07) is 10.6. The number of ether oxygens (including phenoxy) is 1. The minimum atomic E-state index is -0.293. The standard InChI is InChI=1S/C16H15N3O2/c1-2-11-21-15-6-4-3-5-14(15)12-18-19-16(20)13-7-9-17-10-8-13/h2-10,12H,1,11H2,(H,19,20)/b18-12+. The maximum atomic E-state index is 11.8. The summed E-state index contributed by atoms with van der Waals surface area (Å²) in [4.78, 5) is 15.6. The van der Waals surface area contributed by atoms with Crippen LogP contribution >= 0.6 is 0 Å². The van der Waals surface area contributed by atoms with Crippen molar-refractivity contribution in [1.29, 1.82) is 0 Å². The molecule has 0 fully saturated rings. The fourth-order valence-corrected chi connectivity index (χ4v) is 1.60. The van der Waals surface area contributed by atoms with E-state index in [0.29, 0.717) is 17.9 Å². The van der Waals surface area contributed by atoms with E-state index in [-0.39, 0.29) is 5.91 Å². The van der Waals surface area contributed by atoms with Gasteiger partial charge in [0.15, 0.2) is 0 Å². The van der Waals surface area contributed by atoms with Crippen LogP contribution in [0.25, 0.3) is 0 Å². The number of benzene rings is 1. The van der Waals surface area contributed by atoms with Crippen LogP contribution in [0.3, 0.4) is 0 Å². The molecule has 106 valence electrons. The number of rotatable bonds is 6. The molecule has 5 nitrogen and oxygen atoms in total. The number of pyridine rings is 1. The van der Waals surface area contributed by atoms with Gasteiger partial charge in [-0.1, -0.05) is 24.8 Å². The molecule has 2 aromatic rings. The summed E-state index contributed by atoms with van der Waals surface area (Å²) < 4.78 is 5.50. The minimum absolute atomic E-state index is 0.293. The van der Waals surface area contributed by atoms with Gasteiger partial charge in [0.05, 0.1) is 6.21 Å². The molecule has 0 aliphatic heterocycles. The average molecular weight is 281 g/mol. The van der Waals surface area contributed by atoms with Crippen molar-refractivity contribution in [2.45, 2.75) is 0 Å². The lowest BCUT2D eigenvalue weighted by Crippen LogP contribution is -2.17. The molecule has 1 heterocycles. The summed E-state index contributed by atoms with van der Waals surface area (Å²) >= 11 is 0. The quantitative estimate of drug-likeness (QED) is 0.502. The second-order valence-electron chi connectivity index (χ2n) is 4.07. The predicted octanol–water partition coefficient (Wildman–Crippen LogP) is 2.41. The number of nitrogens with one attached hydrogen (secondary N) is 1. The van der Waals surface area contributed by atoms with E-state index in [1.807, 2.05) is 24.3 Å². The minimum Gasteiger partial charge on any atom is -0.489 e. The van der Waals surface area contributed by atoms with E-state index in [1.165, 1.54) is 6.21 Å². The summed E-state index contributed by atoms with van der Waals surface area (Å²) in [7, 11) is 0. The molecule has 0 radical (unpaired) electrons. The summed E-state index contributed by atoms with van der Waals surface area (Å²) in [5, 5.41) is 3.94. The third-order valence-electron chi connectivity index (χ3n) is 2.59. The van der Waals surface area contributed by atoms with Crippen molar-refractivity contribution in [3.63, 3.8) is 0 Å². The van der Waals surface area contributed by atoms with Crippen molar-refractivity contribution in [2.75, 3.05) is 6.61 Å². The number of aromatic nitrogens is 1. The fraction of sp³-hybridized carbons (Fsp3) is 0.0625. The Morgan fingerprint density at radius 1 is 1.29 bits per heavy atom. The van der Waals surface area contributed by atoms with Crippen LogP contribution in [0.4, 0.5) is 0 Å². The molecule has 1 N–H and O–H groups in total. The molecule has 21 heavy (non-hydrogen) atoms. The van der Waals surface area contributed by atoms with Crippen LogP contribution in [-0.4, -0.2) is 23.7 Å². The molecule has 1 amide bonds. The number of hydrogen-bond acceptors (Lipinski definition) is 4. The lowest BCUT2D eigenvalue weighted by molar-refractivity contribution is 0.0955. The van der Waals surface area contributed by atoms with Gasteiger partial charge in [0.2, 0.25) is 0 Å². The molecule has 0 saturated heterocycles. The Labute approximate surface area is 123 Å². The molecule has 0 aliphatic rings. The highest BCUT2D eigenvalue weighted by atomic mass is 16.5. The summed E-state index contributed by atoms with van der Waals surface area (Å²) in [5.41, 5.74) is 3.73. The van der Waals surface area contributed by atoms with Gasteiger partial charge in [0.25, 0.3) is 5.91 Å². The first-order valence-electron chi connectivity index (χ1n) is 6.37. The van der Waals surface area contributed by atoms with Gasteiger partial charge >= 0.3 is 0 Å². The van der Waals surface area contributed by atoms with E-state index in [4.69, 9.17) is 4.74 Å². The van der Waals surface area contributed by atoms with E-state index in [1.54, 1.807) is 30.6 Å². The smallest absolute Gasteiger partial charge is 0.271 e. The van der Waals surface area contributed by atoms with Gasteiger partial charge < -0.3 is 4.74 Å². The summed E-state index contributed by atoms with van der Waals surface area (Å²) in [5.74, 6) is 0.387. The van der Waals surface area contributed by atoms with Crippen molar-refractivity contribution < 1.29 is 9.53 Å². The van der Waals surface area contributed by atoms with Gasteiger partial charge in [-0.15, -0.1) is 0 Å². The topological polar surface area (TPSA) is 63.6 Å². The van der Waals surface area contributed by atoms with Crippen molar-refractivity contribution in [3.8, 4) is 5.75 Å². The molecular formula is C16H15N3O2. The zero-order valence-electron chi connectivity index (χ0n) is 11.4. The highest BCUT2D eigenvalue weighted by Crippen LogP contribution is 2.15. The Kier molecular flexibility index (Phi) is 5.23. The zero-order chi connectivity index (χ0) is 14.9. The van der Waals surface area contributed by atoms with Crippen molar-refractivity contribution in [1.82, 2.24) is 10.4 Å². The maximum absolute atomic E-state index is 11.8. The van der Waals surface area contributed by atoms with Crippen LogP contribution in [0.2, 0.25) is 0 Å². The van der Waals surface area contributed by atoms with Gasteiger partial charge in [-0.05, 0) is 24.3 Å². The SMILES string of the molecule is C=CCOc1ccccc1/C=N/NC(=O)c1ccncc1. The first kappa shape index (κ1) is 14.5. The molecule has 0 unspecified atom stereocenters. The van der Waals surface area contributed by atoms with E-state index in [2.05, 4.69) is 22.1 Å². The van der Waals surface area contributed by atoms with Crippen molar-refractivity contribution in [2.24, 2.45) is 5.10 Å². The van der Waals surface area contributed by atoms with Crippen LogP contribution in [-0.2, 0) is 0 Å². The Morgan fingerprint density at radius 2 is 2.05 bits per heavy atom. The average Bonchev–Trinajstić information content (AvgIpc) is 2.54. The largest absolute Gasteiger partial charge is 0.489 e. The maximum Gasteiger partial charge on any atom is 0.271 e. The molecule has 2 rings (SSSR count). The molecule has 5 heteroatoms.